The van der Waals surface area contributed by atoms with E-state index in [0.717, 1.165) is 25.7 Å². The van der Waals surface area contributed by atoms with Crippen molar-refractivity contribution >= 4 is 5.97 Å². The van der Waals surface area contributed by atoms with Crippen LogP contribution in [0, 0.1) is 0 Å². The molecule has 0 aromatic rings. The number of halogens is 1. The van der Waals surface area contributed by atoms with Gasteiger partial charge in [0, 0.05) is 0 Å². The second kappa shape index (κ2) is 7.54. The van der Waals surface area contributed by atoms with E-state index in [2.05, 4.69) is 6.92 Å². The zero-order chi connectivity index (χ0) is 11.0. The Hall–Kier alpha value is -0.860. The number of hydrogen-bond acceptors (Lipinski definition) is 1. The smallest absolute Gasteiger partial charge is 0.364 e. The van der Waals surface area contributed by atoms with E-state index in [4.69, 9.17) is 5.11 Å². The standard InChI is InChI=1S/C11H19FO2/c1-3-5-6-7-8-9(4-2)10(12)11(13)14/h3-8H2,1-2H3,(H,13,14)/b10-9-. The van der Waals surface area contributed by atoms with Crippen molar-refractivity contribution < 1.29 is 14.3 Å². The number of carbonyl (C=O) groups is 1. The number of unbranched alkanes of at least 4 members (excludes halogenated alkanes) is 3. The van der Waals surface area contributed by atoms with E-state index in [1.54, 1.807) is 6.92 Å². The Bertz CT molecular complexity index is 209. The van der Waals surface area contributed by atoms with Gasteiger partial charge >= 0.3 is 5.97 Å². The monoisotopic (exact) mass is 202 g/mol. The summed E-state index contributed by atoms with van der Waals surface area (Å²) in [5, 5.41) is 8.45. The van der Waals surface area contributed by atoms with Crippen LogP contribution >= 0.6 is 0 Å². The summed E-state index contributed by atoms with van der Waals surface area (Å²) in [5.41, 5.74) is 0.439. The third-order valence-corrected chi connectivity index (χ3v) is 2.26. The van der Waals surface area contributed by atoms with E-state index in [-0.39, 0.29) is 0 Å². The summed E-state index contributed by atoms with van der Waals surface area (Å²) in [5.74, 6) is -2.39. The molecule has 0 fully saturated rings. The Kier molecular flexibility index (Phi) is 7.07. The molecule has 0 spiro atoms. The molecule has 82 valence electrons. The molecule has 0 bridgehead atoms. The van der Waals surface area contributed by atoms with Crippen molar-refractivity contribution in [2.45, 2.75) is 52.4 Å². The van der Waals surface area contributed by atoms with Gasteiger partial charge in [-0.05, 0) is 24.8 Å². The lowest BCUT2D eigenvalue weighted by Gasteiger charge is -2.04. The van der Waals surface area contributed by atoms with Crippen LogP contribution in [-0.4, -0.2) is 11.1 Å². The Balaban J connectivity index is 4.02. The summed E-state index contributed by atoms with van der Waals surface area (Å²) < 4.78 is 13.0. The van der Waals surface area contributed by atoms with Crippen molar-refractivity contribution in [1.29, 1.82) is 0 Å². The highest BCUT2D eigenvalue weighted by molar-refractivity contribution is 5.84. The Morgan fingerprint density at radius 3 is 2.29 bits per heavy atom. The van der Waals surface area contributed by atoms with Gasteiger partial charge < -0.3 is 5.11 Å². The number of carboxylic acid groups (broad SMARTS) is 1. The highest BCUT2D eigenvalue weighted by Crippen LogP contribution is 2.18. The van der Waals surface area contributed by atoms with Crippen molar-refractivity contribution in [3.63, 3.8) is 0 Å². The van der Waals surface area contributed by atoms with Crippen LogP contribution in [0.25, 0.3) is 0 Å². The molecule has 0 amide bonds. The second-order valence-corrected chi connectivity index (χ2v) is 3.39. The Morgan fingerprint density at radius 2 is 1.86 bits per heavy atom. The zero-order valence-electron chi connectivity index (χ0n) is 8.98. The molecule has 0 saturated carbocycles. The molecule has 0 aromatic carbocycles. The first-order valence-electron chi connectivity index (χ1n) is 5.24. The zero-order valence-corrected chi connectivity index (χ0v) is 8.98. The van der Waals surface area contributed by atoms with E-state index >= 15 is 0 Å². The normalized spacial score (nSPS) is 12.5. The SMILES string of the molecule is CCCCCC/C(CC)=C(\F)C(=O)O. The molecule has 0 radical (unpaired) electrons. The molecule has 1 N–H and O–H groups in total. The van der Waals surface area contributed by atoms with Gasteiger partial charge in [0.05, 0.1) is 0 Å². The first-order chi connectivity index (χ1) is 6.63. The minimum atomic E-state index is -1.43. The van der Waals surface area contributed by atoms with Crippen LogP contribution < -0.4 is 0 Å². The molecule has 0 unspecified atom stereocenters. The molecule has 0 saturated heterocycles. The van der Waals surface area contributed by atoms with E-state index in [1.165, 1.54) is 0 Å². The fourth-order valence-corrected chi connectivity index (χ4v) is 1.36. The predicted octanol–water partition coefficient (Wildman–Crippen LogP) is 3.68. The van der Waals surface area contributed by atoms with Gasteiger partial charge in [0.1, 0.15) is 0 Å². The van der Waals surface area contributed by atoms with E-state index in [1.807, 2.05) is 0 Å². The number of allylic oxidation sites excluding steroid dienone is 1. The fraction of sp³-hybridized carbons (Fsp3) is 0.727. The molecular weight excluding hydrogens is 183 g/mol. The molecule has 0 aliphatic heterocycles. The third kappa shape index (κ3) is 5.00. The van der Waals surface area contributed by atoms with Crippen molar-refractivity contribution in [2.75, 3.05) is 0 Å². The first-order valence-corrected chi connectivity index (χ1v) is 5.24. The average molecular weight is 202 g/mol. The van der Waals surface area contributed by atoms with Crippen LogP contribution in [0.3, 0.4) is 0 Å². The van der Waals surface area contributed by atoms with Crippen molar-refractivity contribution in [2.24, 2.45) is 0 Å². The number of hydrogen-bond donors (Lipinski definition) is 1. The largest absolute Gasteiger partial charge is 0.476 e. The molecule has 2 nitrogen and oxygen atoms in total. The van der Waals surface area contributed by atoms with Crippen LogP contribution in [0.4, 0.5) is 4.39 Å². The summed E-state index contributed by atoms with van der Waals surface area (Å²) in [4.78, 5) is 10.4. The summed E-state index contributed by atoms with van der Waals surface area (Å²) in [6.07, 6.45) is 5.27. The quantitative estimate of drug-likeness (QED) is 0.505. The van der Waals surface area contributed by atoms with Gasteiger partial charge in [-0.15, -0.1) is 0 Å². The molecule has 0 heterocycles. The third-order valence-electron chi connectivity index (χ3n) is 2.26. The summed E-state index contributed by atoms with van der Waals surface area (Å²) in [6.45, 7) is 3.89. The maximum Gasteiger partial charge on any atom is 0.364 e. The first kappa shape index (κ1) is 13.1. The van der Waals surface area contributed by atoms with Crippen molar-refractivity contribution in [3.8, 4) is 0 Å². The Morgan fingerprint density at radius 1 is 1.21 bits per heavy atom. The van der Waals surface area contributed by atoms with Crippen LogP contribution in [0.15, 0.2) is 11.4 Å². The summed E-state index contributed by atoms with van der Waals surface area (Å²) in [6, 6.07) is 0. The number of rotatable bonds is 7. The van der Waals surface area contributed by atoms with Crippen LogP contribution in [0.5, 0.6) is 0 Å². The fourth-order valence-electron chi connectivity index (χ4n) is 1.36. The van der Waals surface area contributed by atoms with Gasteiger partial charge in [-0.3, -0.25) is 0 Å². The van der Waals surface area contributed by atoms with Gasteiger partial charge in [0.25, 0.3) is 0 Å². The number of carboxylic acids is 1. The highest BCUT2D eigenvalue weighted by Gasteiger charge is 2.11. The van der Waals surface area contributed by atoms with Crippen LogP contribution in [0.1, 0.15) is 52.4 Å². The molecule has 0 aromatic heterocycles. The lowest BCUT2D eigenvalue weighted by Crippen LogP contribution is -1.99. The molecule has 0 aliphatic carbocycles. The maximum atomic E-state index is 13.0. The topological polar surface area (TPSA) is 37.3 Å². The Labute approximate surface area is 84.8 Å². The van der Waals surface area contributed by atoms with Gasteiger partial charge in [0.2, 0.25) is 5.83 Å². The average Bonchev–Trinajstić information content (AvgIpc) is 2.17. The molecule has 3 heteroatoms. The van der Waals surface area contributed by atoms with E-state index in [0.29, 0.717) is 18.4 Å². The highest BCUT2D eigenvalue weighted by atomic mass is 19.1. The van der Waals surface area contributed by atoms with Crippen LogP contribution in [-0.2, 0) is 4.79 Å². The van der Waals surface area contributed by atoms with Crippen molar-refractivity contribution in [1.82, 2.24) is 0 Å². The lowest BCUT2D eigenvalue weighted by molar-refractivity contribution is -0.134. The molecule has 0 aliphatic rings. The molecule has 14 heavy (non-hydrogen) atoms. The summed E-state index contributed by atoms with van der Waals surface area (Å²) >= 11 is 0. The molecule has 0 atom stereocenters. The van der Waals surface area contributed by atoms with Gasteiger partial charge in [-0.2, -0.15) is 4.39 Å². The molecule has 0 rings (SSSR count). The minimum Gasteiger partial charge on any atom is -0.476 e. The van der Waals surface area contributed by atoms with Crippen LogP contribution in [0.2, 0.25) is 0 Å². The maximum absolute atomic E-state index is 13.0. The van der Waals surface area contributed by atoms with Gasteiger partial charge in [-0.25, -0.2) is 4.79 Å². The van der Waals surface area contributed by atoms with E-state index < -0.39 is 11.8 Å². The summed E-state index contributed by atoms with van der Waals surface area (Å²) in [7, 11) is 0. The van der Waals surface area contributed by atoms with E-state index in [9.17, 15) is 9.18 Å². The minimum absolute atomic E-state index is 0.439. The van der Waals surface area contributed by atoms with Gasteiger partial charge in [0.15, 0.2) is 0 Å². The molecular formula is C11H19FO2. The second-order valence-electron chi connectivity index (χ2n) is 3.39. The lowest BCUT2D eigenvalue weighted by atomic mass is 10.0. The van der Waals surface area contributed by atoms with Gasteiger partial charge in [-0.1, -0.05) is 33.1 Å². The number of aliphatic carboxylic acids is 1. The predicted molar refractivity (Wildman–Crippen MR) is 54.8 cm³/mol. The van der Waals surface area contributed by atoms with Crippen molar-refractivity contribution in [3.05, 3.63) is 11.4 Å².